The first kappa shape index (κ1) is 87.8. The number of anilines is 12. The number of fused-ring (bicyclic) bond motifs is 7. The third kappa shape index (κ3) is 15.8. The molecule has 686 valence electrons. The first-order valence-corrected chi connectivity index (χ1v) is 50.5. The van der Waals surface area contributed by atoms with Crippen LogP contribution in [0.5, 0.6) is 0 Å². The van der Waals surface area contributed by atoms with E-state index in [-0.39, 0.29) is 0 Å². The first-order chi connectivity index (χ1) is 70.8. The van der Waals surface area contributed by atoms with Crippen LogP contribution in [-0.2, 0) is 6.42 Å². The maximum atomic E-state index is 2.57. The highest BCUT2D eigenvalue weighted by Crippen LogP contribution is 2.54. The smallest absolute Gasteiger partial charge is 0.0546 e. The van der Waals surface area contributed by atoms with Crippen molar-refractivity contribution in [3.05, 3.63) is 528 Å². The molecule has 0 N–H and O–H groups in total. The average Bonchev–Trinajstić information content (AvgIpc) is 0.712. The molecule has 1 aliphatic rings. The maximum Gasteiger partial charge on any atom is 0.0546 e. The van der Waals surface area contributed by atoms with Crippen LogP contribution >= 0.6 is 0 Å². The fourth-order valence-electron chi connectivity index (χ4n) is 22.8. The molecule has 1 aliphatic carbocycles. The quantitative estimate of drug-likeness (QED) is 0.0525. The standard InChI is InChI=1S/C140H106N4/c1-90-54-66-111(78-94(90)5)143(112-67-55-91(2)95(6)79-112)135-88-131-118-51-30-32-53-120(118)136(89-132(131)117-50-29-31-52-119(117)135)144(113-68-56-92(3)96(7)80-113)114-69-57-93(4)106(83-114)82-97-34-33-41-105(81-97)130-87-128(101-37-17-9-18-38-101)122-74-75-123-129(86-127(100-35-15-8-16-36-100)121-76-77-124(130)140(122)139(121)123)102-62-58-98(59-63-102)99-60-64-104(65-61-99)138-126-73-71-115(141(107-42-21-11-22-43-107)108-44-23-12-24-45-108)84-133(126)137(103-39-19-10-20-40-103)125-72-70-116(85-134(125)138)142(109-46-25-13-26-47-109)110-48-27-14-28-49-110/h8-29,31,33-81,83-89H,30,32,82H2,1-7H3. The van der Waals surface area contributed by atoms with Gasteiger partial charge in [0.15, 0.2) is 0 Å². The monoisotopic (exact) mass is 1840 g/mol. The fourth-order valence-corrected chi connectivity index (χ4v) is 22.8. The molecule has 0 heterocycles. The van der Waals surface area contributed by atoms with Gasteiger partial charge >= 0.3 is 0 Å². The van der Waals surface area contributed by atoms with Crippen LogP contribution in [0.25, 0.3) is 165 Å². The molecule has 0 saturated heterocycles. The van der Waals surface area contributed by atoms with Crippen molar-refractivity contribution < 1.29 is 0 Å². The van der Waals surface area contributed by atoms with Gasteiger partial charge in [-0.2, -0.15) is 0 Å². The van der Waals surface area contributed by atoms with Crippen LogP contribution in [0.4, 0.5) is 68.2 Å². The summed E-state index contributed by atoms with van der Waals surface area (Å²) < 4.78 is 0. The summed E-state index contributed by atoms with van der Waals surface area (Å²) in [5.74, 6) is 0. The van der Waals surface area contributed by atoms with Gasteiger partial charge < -0.3 is 19.6 Å². The summed E-state index contributed by atoms with van der Waals surface area (Å²) in [5.41, 5.74) is 41.3. The summed E-state index contributed by atoms with van der Waals surface area (Å²) in [5, 5.41) is 19.6. The Balaban J connectivity index is 0.600. The van der Waals surface area contributed by atoms with Gasteiger partial charge in [-0.05, 0) is 417 Å². The van der Waals surface area contributed by atoms with Crippen LogP contribution in [-0.4, -0.2) is 0 Å². The highest BCUT2D eigenvalue weighted by Gasteiger charge is 2.29. The number of benzene rings is 24. The summed E-state index contributed by atoms with van der Waals surface area (Å²) in [4.78, 5) is 9.83. The first-order valence-electron chi connectivity index (χ1n) is 50.5. The summed E-state index contributed by atoms with van der Waals surface area (Å²) in [6.07, 6.45) is 7.68. The number of para-hydroxylation sites is 4. The van der Waals surface area contributed by atoms with Crippen LogP contribution in [0.3, 0.4) is 0 Å². The van der Waals surface area contributed by atoms with Gasteiger partial charge in [0.05, 0.1) is 11.4 Å². The molecule has 24 aromatic rings. The second kappa shape index (κ2) is 36.8. The van der Waals surface area contributed by atoms with Crippen molar-refractivity contribution in [3.63, 3.8) is 0 Å². The largest absolute Gasteiger partial charge is 0.310 e. The van der Waals surface area contributed by atoms with E-state index in [1.807, 2.05) is 0 Å². The molecular formula is C140H106N4. The van der Waals surface area contributed by atoms with E-state index >= 15 is 0 Å². The molecule has 4 nitrogen and oxygen atoms in total. The Morgan fingerprint density at radius 2 is 0.500 bits per heavy atom. The van der Waals surface area contributed by atoms with Crippen LogP contribution < -0.4 is 30.0 Å². The van der Waals surface area contributed by atoms with Crippen LogP contribution in [0.15, 0.2) is 467 Å². The van der Waals surface area contributed by atoms with E-state index in [0.717, 1.165) is 104 Å². The summed E-state index contributed by atoms with van der Waals surface area (Å²) in [6.45, 7) is 15.7. The molecule has 0 amide bonds. The summed E-state index contributed by atoms with van der Waals surface area (Å²) in [6, 6.07) is 175. The zero-order valence-corrected chi connectivity index (χ0v) is 82.0. The minimum atomic E-state index is 0.733. The lowest BCUT2D eigenvalue weighted by Gasteiger charge is -2.30. The maximum absolute atomic E-state index is 2.57. The van der Waals surface area contributed by atoms with Crippen LogP contribution in [0, 0.1) is 48.5 Å². The Kier molecular flexibility index (Phi) is 22.4. The van der Waals surface area contributed by atoms with E-state index in [9.17, 15) is 0 Å². The van der Waals surface area contributed by atoms with Crippen molar-refractivity contribution in [2.75, 3.05) is 19.6 Å². The van der Waals surface area contributed by atoms with E-state index in [1.54, 1.807) is 0 Å². The van der Waals surface area contributed by atoms with Gasteiger partial charge in [0, 0.05) is 67.5 Å². The Morgan fingerprint density at radius 3 is 0.944 bits per heavy atom. The molecule has 25 rings (SSSR count). The molecule has 0 unspecified atom stereocenters. The number of nitrogens with zero attached hydrogens (tertiary/aromatic N) is 4. The van der Waals surface area contributed by atoms with Crippen molar-refractivity contribution in [2.24, 2.45) is 0 Å². The van der Waals surface area contributed by atoms with Gasteiger partial charge in [0.2, 0.25) is 0 Å². The highest BCUT2D eigenvalue weighted by atomic mass is 15.2. The van der Waals surface area contributed by atoms with Gasteiger partial charge in [0.25, 0.3) is 0 Å². The Hall–Kier alpha value is -17.7. The SMILES string of the molecule is Cc1ccc(N(c2ccc(C)c(Cc3cccc(-c4cc(-c5ccccc5)c5ccc6c(-c7ccc(-c8ccc(-c9c%10ccc(N(c%11ccccc%11)c%11ccccc%11)cc%10c(-c%10ccccc%10)c%10ccc(N(c%11ccccc%11)c%11ccccc%11)cc9%10)cc8)cc7)cc(-c7ccccc7)c7ccc4c5c67)c3)c2)c2cc3c(cc(N(c4ccc(C)c(C)c4)c4ccc(C)c(C)c4)c4ccccc43)c3c2=CCCC=3)cc1C. The van der Waals surface area contributed by atoms with Crippen molar-refractivity contribution in [1.29, 1.82) is 0 Å². The molecule has 24 aromatic carbocycles. The average molecular weight is 1840 g/mol. The summed E-state index contributed by atoms with van der Waals surface area (Å²) >= 11 is 0. The normalized spacial score (nSPS) is 11.9. The zero-order valence-electron chi connectivity index (χ0n) is 82.0. The second-order valence-corrected chi connectivity index (χ2v) is 39.2. The van der Waals surface area contributed by atoms with Crippen LogP contribution in [0.2, 0.25) is 0 Å². The lowest BCUT2D eigenvalue weighted by molar-refractivity contribution is 1.11. The number of aryl methyl sites for hydroxylation is 7. The molecule has 0 fully saturated rings. The lowest BCUT2D eigenvalue weighted by Crippen LogP contribution is -2.33. The Labute approximate surface area is 842 Å². The highest BCUT2D eigenvalue weighted by molar-refractivity contribution is 6.32. The molecular weight excluding hydrogens is 1740 g/mol. The Morgan fingerprint density at radius 1 is 0.174 bits per heavy atom. The topological polar surface area (TPSA) is 13.0 Å². The van der Waals surface area contributed by atoms with Gasteiger partial charge in [-0.3, -0.25) is 0 Å². The number of hydrogen-bond acceptors (Lipinski definition) is 4. The molecule has 0 aliphatic heterocycles. The minimum absolute atomic E-state index is 0.733. The lowest BCUT2D eigenvalue weighted by atomic mass is 9.81. The third-order valence-electron chi connectivity index (χ3n) is 30.5. The predicted molar refractivity (Wildman–Crippen MR) is 617 cm³/mol. The molecule has 4 heteroatoms. The third-order valence-corrected chi connectivity index (χ3v) is 30.5. The second-order valence-electron chi connectivity index (χ2n) is 39.2. The van der Waals surface area contributed by atoms with Gasteiger partial charge in [-0.25, -0.2) is 0 Å². The van der Waals surface area contributed by atoms with E-state index < -0.39 is 0 Å². The van der Waals surface area contributed by atoms with Gasteiger partial charge in [0.1, 0.15) is 0 Å². The number of hydrogen-bond donors (Lipinski definition) is 0. The zero-order chi connectivity index (χ0) is 96.7. The van der Waals surface area contributed by atoms with Gasteiger partial charge in [-0.15, -0.1) is 0 Å². The molecule has 0 spiro atoms. The Bertz CT molecular complexity index is 9130. The van der Waals surface area contributed by atoms with Crippen molar-refractivity contribution in [3.8, 4) is 77.9 Å². The van der Waals surface area contributed by atoms with Gasteiger partial charge in [-0.1, -0.05) is 334 Å². The number of rotatable bonds is 21. The van der Waals surface area contributed by atoms with Crippen molar-refractivity contribution in [2.45, 2.75) is 67.7 Å². The molecule has 0 saturated carbocycles. The van der Waals surface area contributed by atoms with Crippen LogP contribution in [0.1, 0.15) is 62.9 Å². The molecule has 0 aromatic heterocycles. The van der Waals surface area contributed by atoms with E-state index in [2.05, 4.69) is 547 Å². The summed E-state index contributed by atoms with van der Waals surface area (Å²) in [7, 11) is 0. The van der Waals surface area contributed by atoms with Crippen molar-refractivity contribution in [1.82, 2.24) is 0 Å². The molecule has 0 atom stereocenters. The minimum Gasteiger partial charge on any atom is -0.310 e. The molecule has 0 bridgehead atoms. The van der Waals surface area contributed by atoms with E-state index in [4.69, 9.17) is 0 Å². The van der Waals surface area contributed by atoms with E-state index in [1.165, 1.54) is 197 Å². The van der Waals surface area contributed by atoms with Crippen molar-refractivity contribution >= 4 is 156 Å². The molecule has 0 radical (unpaired) electrons. The predicted octanol–water partition coefficient (Wildman–Crippen LogP) is 37.8. The molecule has 144 heavy (non-hydrogen) atoms. The van der Waals surface area contributed by atoms with E-state index in [0.29, 0.717) is 0 Å². The fraction of sp³-hybridized carbons (Fsp3) is 0.0714.